The molecule has 0 fully saturated rings. The van der Waals surface area contributed by atoms with Crippen LogP contribution in [0.2, 0.25) is 0 Å². The second kappa shape index (κ2) is 3.99. The van der Waals surface area contributed by atoms with E-state index < -0.39 is 17.2 Å². The maximum atomic E-state index is 11.1. The first-order valence-corrected chi connectivity index (χ1v) is 5.61. The summed E-state index contributed by atoms with van der Waals surface area (Å²) >= 11 is 0. The van der Waals surface area contributed by atoms with Crippen molar-refractivity contribution in [3.05, 3.63) is 24.3 Å². The molecule has 0 spiro atoms. The molecule has 0 amide bonds. The summed E-state index contributed by atoms with van der Waals surface area (Å²) in [6.07, 6.45) is 1.06. The van der Waals surface area contributed by atoms with Gasteiger partial charge >= 0.3 is 7.32 Å². The van der Waals surface area contributed by atoms with Gasteiger partial charge in [-0.25, -0.2) is 8.42 Å². The van der Waals surface area contributed by atoms with Crippen LogP contribution in [0.4, 0.5) is 0 Å². The Hall–Kier alpha value is -1.05. The van der Waals surface area contributed by atoms with E-state index in [9.17, 15) is 8.42 Å². The lowest BCUT2D eigenvalue weighted by Gasteiger charge is -2.05. The van der Waals surface area contributed by atoms with Crippen LogP contribution in [0.25, 0.3) is 0 Å². The smallest absolute Gasteiger partial charge is 0.512 e. The molecule has 0 radical (unpaired) electrons. The third-order valence-electron chi connectivity index (χ3n) is 1.48. The molecule has 76 valence electrons. The SMILES string of the molecule is CS(=O)(=O)c1cccc(OB(O)O)c1. The van der Waals surface area contributed by atoms with Gasteiger partial charge in [0.15, 0.2) is 9.84 Å². The Balaban J connectivity index is 3.02. The van der Waals surface area contributed by atoms with Gasteiger partial charge < -0.3 is 14.7 Å². The third kappa shape index (κ3) is 3.02. The van der Waals surface area contributed by atoms with Gasteiger partial charge in [-0.05, 0) is 18.2 Å². The van der Waals surface area contributed by atoms with Gasteiger partial charge in [0, 0.05) is 6.26 Å². The molecule has 0 bridgehead atoms. The molecule has 0 heterocycles. The minimum absolute atomic E-state index is 0.0654. The van der Waals surface area contributed by atoms with Crippen LogP contribution in [0.5, 0.6) is 5.75 Å². The highest BCUT2D eigenvalue weighted by Crippen LogP contribution is 2.17. The molecule has 1 aromatic rings. The van der Waals surface area contributed by atoms with E-state index in [0.717, 1.165) is 6.26 Å². The Morgan fingerprint density at radius 3 is 2.50 bits per heavy atom. The summed E-state index contributed by atoms with van der Waals surface area (Å²) in [5.74, 6) is 0.0860. The van der Waals surface area contributed by atoms with Crippen molar-refractivity contribution in [1.29, 1.82) is 0 Å². The zero-order chi connectivity index (χ0) is 10.8. The molecular weight excluding hydrogens is 207 g/mol. The predicted molar refractivity (Wildman–Crippen MR) is 50.4 cm³/mol. The van der Waals surface area contributed by atoms with Gasteiger partial charge in [-0.1, -0.05) is 6.07 Å². The van der Waals surface area contributed by atoms with E-state index >= 15 is 0 Å². The third-order valence-corrected chi connectivity index (χ3v) is 2.59. The molecule has 0 saturated heterocycles. The normalized spacial score (nSPS) is 11.1. The molecule has 0 saturated carbocycles. The fraction of sp³-hybridized carbons (Fsp3) is 0.143. The summed E-state index contributed by atoms with van der Waals surface area (Å²) in [5.41, 5.74) is 0. The zero-order valence-electron chi connectivity index (χ0n) is 7.41. The van der Waals surface area contributed by atoms with E-state index in [1.807, 2.05) is 0 Å². The van der Waals surface area contributed by atoms with Gasteiger partial charge in [0.2, 0.25) is 0 Å². The zero-order valence-corrected chi connectivity index (χ0v) is 8.23. The van der Waals surface area contributed by atoms with Gasteiger partial charge in [0.05, 0.1) is 4.90 Å². The first kappa shape index (κ1) is 11.0. The number of rotatable bonds is 3. The highest BCUT2D eigenvalue weighted by Gasteiger charge is 2.13. The molecule has 5 nitrogen and oxygen atoms in total. The second-order valence-corrected chi connectivity index (χ2v) is 4.71. The lowest BCUT2D eigenvalue weighted by atomic mass is 10.2. The molecule has 0 aliphatic heterocycles. The van der Waals surface area contributed by atoms with Crippen molar-refractivity contribution < 1.29 is 23.1 Å². The Kier molecular flexibility index (Phi) is 3.15. The van der Waals surface area contributed by atoms with Crippen molar-refractivity contribution in [2.75, 3.05) is 6.26 Å². The van der Waals surface area contributed by atoms with Gasteiger partial charge in [-0.2, -0.15) is 0 Å². The second-order valence-electron chi connectivity index (χ2n) is 2.69. The van der Waals surface area contributed by atoms with Crippen LogP contribution in [0.1, 0.15) is 0 Å². The standard InChI is InChI=1S/C7H9BO5S/c1-14(11,12)7-4-2-3-6(5-7)13-8(9)10/h2-5,9-10H,1H3. The summed E-state index contributed by atoms with van der Waals surface area (Å²) in [4.78, 5) is 0.0654. The molecule has 0 unspecified atom stereocenters. The van der Waals surface area contributed by atoms with Crippen LogP contribution in [-0.2, 0) is 9.84 Å². The summed E-state index contributed by atoms with van der Waals surface area (Å²) in [7, 11) is -5.26. The molecule has 0 aliphatic carbocycles. The minimum atomic E-state index is -3.30. The Morgan fingerprint density at radius 1 is 1.36 bits per heavy atom. The average Bonchev–Trinajstić information content (AvgIpc) is 2.01. The molecular formula is C7H9BO5S. The summed E-state index contributed by atoms with van der Waals surface area (Å²) < 4.78 is 26.7. The van der Waals surface area contributed by atoms with Crippen molar-refractivity contribution >= 4 is 17.2 Å². The minimum Gasteiger partial charge on any atom is -0.512 e. The number of benzene rings is 1. The molecule has 0 aromatic heterocycles. The Bertz CT molecular complexity index is 414. The Labute approximate surface area is 82.1 Å². The Morgan fingerprint density at radius 2 is 2.00 bits per heavy atom. The molecule has 0 atom stereocenters. The highest BCUT2D eigenvalue weighted by molar-refractivity contribution is 7.90. The van der Waals surface area contributed by atoms with Gasteiger partial charge in [-0.15, -0.1) is 0 Å². The molecule has 1 rings (SSSR count). The van der Waals surface area contributed by atoms with E-state index in [1.54, 1.807) is 0 Å². The maximum absolute atomic E-state index is 11.1. The van der Waals surface area contributed by atoms with Crippen LogP contribution in [0.3, 0.4) is 0 Å². The van der Waals surface area contributed by atoms with Gasteiger partial charge in [-0.3, -0.25) is 0 Å². The first-order valence-electron chi connectivity index (χ1n) is 3.72. The number of hydrogen-bond donors (Lipinski definition) is 2. The first-order chi connectivity index (χ1) is 6.39. The number of sulfone groups is 1. The van der Waals surface area contributed by atoms with Crippen LogP contribution < -0.4 is 4.65 Å². The summed E-state index contributed by atoms with van der Waals surface area (Å²) in [5, 5.41) is 17.0. The van der Waals surface area contributed by atoms with Crippen LogP contribution in [-0.4, -0.2) is 32.0 Å². The molecule has 7 heteroatoms. The fourth-order valence-corrected chi connectivity index (χ4v) is 1.56. The summed E-state index contributed by atoms with van der Waals surface area (Å²) in [6, 6.07) is 5.49. The maximum Gasteiger partial charge on any atom is 0.707 e. The van der Waals surface area contributed by atoms with Crippen molar-refractivity contribution in [2.24, 2.45) is 0 Å². The topological polar surface area (TPSA) is 83.8 Å². The van der Waals surface area contributed by atoms with Crippen molar-refractivity contribution in [3.8, 4) is 5.75 Å². The predicted octanol–water partition coefficient (Wildman–Crippen LogP) is -0.562. The van der Waals surface area contributed by atoms with E-state index in [1.165, 1.54) is 24.3 Å². The average molecular weight is 216 g/mol. The van der Waals surface area contributed by atoms with Crippen molar-refractivity contribution in [3.63, 3.8) is 0 Å². The van der Waals surface area contributed by atoms with Gasteiger partial charge in [0.25, 0.3) is 0 Å². The molecule has 1 aromatic carbocycles. The quantitative estimate of drug-likeness (QED) is 0.661. The molecule has 14 heavy (non-hydrogen) atoms. The monoisotopic (exact) mass is 216 g/mol. The van der Waals surface area contributed by atoms with E-state index in [0.29, 0.717) is 0 Å². The number of hydrogen-bond acceptors (Lipinski definition) is 5. The highest BCUT2D eigenvalue weighted by atomic mass is 32.2. The lowest BCUT2D eigenvalue weighted by molar-refractivity contribution is 0.288. The van der Waals surface area contributed by atoms with Crippen LogP contribution in [0, 0.1) is 0 Å². The molecule has 0 aliphatic rings. The van der Waals surface area contributed by atoms with E-state index in [4.69, 9.17) is 10.0 Å². The van der Waals surface area contributed by atoms with Crippen molar-refractivity contribution in [1.82, 2.24) is 0 Å². The van der Waals surface area contributed by atoms with Gasteiger partial charge in [0.1, 0.15) is 5.75 Å². The van der Waals surface area contributed by atoms with E-state index in [2.05, 4.69) is 4.65 Å². The largest absolute Gasteiger partial charge is 0.707 e. The van der Waals surface area contributed by atoms with E-state index in [-0.39, 0.29) is 10.6 Å². The van der Waals surface area contributed by atoms with Crippen LogP contribution in [0.15, 0.2) is 29.2 Å². The van der Waals surface area contributed by atoms with Crippen LogP contribution >= 0.6 is 0 Å². The molecule has 2 N–H and O–H groups in total. The van der Waals surface area contributed by atoms with Crippen molar-refractivity contribution in [2.45, 2.75) is 4.90 Å². The summed E-state index contributed by atoms with van der Waals surface area (Å²) in [6.45, 7) is 0. The lowest BCUT2D eigenvalue weighted by Crippen LogP contribution is -2.20. The fourth-order valence-electron chi connectivity index (χ4n) is 0.900.